The summed E-state index contributed by atoms with van der Waals surface area (Å²) < 4.78 is 14.0. The SMILES string of the molecule is O=[N+]([O-])c1ccccc1[S+](=O)(c1ccccc1)c1ccccc1. The van der Waals surface area contributed by atoms with Crippen LogP contribution < -0.4 is 0 Å². The van der Waals surface area contributed by atoms with E-state index in [0.29, 0.717) is 9.79 Å². The van der Waals surface area contributed by atoms with Gasteiger partial charge in [-0.3, -0.25) is 10.1 Å². The van der Waals surface area contributed by atoms with Gasteiger partial charge in [-0.1, -0.05) is 52.7 Å². The van der Waals surface area contributed by atoms with Gasteiger partial charge in [0.25, 0.3) is 0 Å². The van der Waals surface area contributed by atoms with E-state index in [4.69, 9.17) is 0 Å². The highest BCUT2D eigenvalue weighted by Crippen LogP contribution is 2.40. The fraction of sp³-hybridized carbons (Fsp3) is 0. The summed E-state index contributed by atoms with van der Waals surface area (Å²) in [5, 5.41) is 11.4. The lowest BCUT2D eigenvalue weighted by molar-refractivity contribution is -0.387. The largest absolute Gasteiger partial charge is 0.324 e. The lowest BCUT2D eigenvalue weighted by atomic mass is 10.3. The molecular weight excluding hydrogens is 310 g/mol. The average molecular weight is 324 g/mol. The highest BCUT2D eigenvalue weighted by atomic mass is 32.2. The molecule has 0 N–H and O–H groups in total. The Morgan fingerprint density at radius 2 is 1.13 bits per heavy atom. The number of para-hydroxylation sites is 1. The van der Waals surface area contributed by atoms with Crippen LogP contribution in [0.5, 0.6) is 0 Å². The maximum atomic E-state index is 14.0. The summed E-state index contributed by atoms with van der Waals surface area (Å²) in [6, 6.07) is 24.0. The third kappa shape index (κ3) is 2.66. The van der Waals surface area contributed by atoms with Crippen LogP contribution in [-0.2, 0) is 14.1 Å². The molecule has 114 valence electrons. The van der Waals surface area contributed by atoms with Crippen LogP contribution in [0.1, 0.15) is 0 Å². The Morgan fingerprint density at radius 3 is 1.61 bits per heavy atom. The van der Waals surface area contributed by atoms with Crippen molar-refractivity contribution in [1.29, 1.82) is 0 Å². The van der Waals surface area contributed by atoms with Crippen molar-refractivity contribution in [3.63, 3.8) is 0 Å². The minimum Gasteiger partial charge on any atom is -0.258 e. The van der Waals surface area contributed by atoms with Crippen molar-refractivity contribution in [2.45, 2.75) is 14.7 Å². The fourth-order valence-electron chi connectivity index (χ4n) is 2.47. The molecule has 23 heavy (non-hydrogen) atoms. The number of benzene rings is 3. The van der Waals surface area contributed by atoms with Crippen molar-refractivity contribution in [2.75, 3.05) is 0 Å². The summed E-state index contributed by atoms with van der Waals surface area (Å²) in [6.07, 6.45) is 0. The number of nitro groups is 1. The zero-order valence-electron chi connectivity index (χ0n) is 12.2. The van der Waals surface area contributed by atoms with Crippen molar-refractivity contribution in [3.05, 3.63) is 95.0 Å². The van der Waals surface area contributed by atoms with Gasteiger partial charge in [0.1, 0.15) is 0 Å². The second-order valence-corrected chi connectivity index (χ2v) is 7.40. The first-order valence-corrected chi connectivity index (χ1v) is 8.57. The number of rotatable bonds is 4. The molecule has 3 rings (SSSR count). The van der Waals surface area contributed by atoms with E-state index in [1.54, 1.807) is 66.7 Å². The summed E-state index contributed by atoms with van der Waals surface area (Å²) in [5.41, 5.74) is -0.134. The maximum absolute atomic E-state index is 14.0. The van der Waals surface area contributed by atoms with Crippen LogP contribution in [0.25, 0.3) is 0 Å². The maximum Gasteiger partial charge on any atom is 0.324 e. The summed E-state index contributed by atoms with van der Waals surface area (Å²) in [7, 11) is -2.94. The van der Waals surface area contributed by atoms with Gasteiger partial charge in [0, 0.05) is 12.1 Å². The molecule has 0 aromatic heterocycles. The van der Waals surface area contributed by atoms with Crippen LogP contribution >= 0.6 is 0 Å². The van der Waals surface area contributed by atoms with E-state index in [1.165, 1.54) is 6.07 Å². The lowest BCUT2D eigenvalue weighted by Gasteiger charge is -2.11. The van der Waals surface area contributed by atoms with Gasteiger partial charge in [0.05, 0.1) is 4.92 Å². The predicted molar refractivity (Wildman–Crippen MR) is 88.8 cm³/mol. The van der Waals surface area contributed by atoms with E-state index in [2.05, 4.69) is 0 Å². The van der Waals surface area contributed by atoms with Gasteiger partial charge in [-0.2, -0.15) is 0 Å². The zero-order chi connectivity index (χ0) is 16.3. The third-order valence-corrected chi connectivity index (χ3v) is 6.36. The van der Waals surface area contributed by atoms with Gasteiger partial charge in [-0.25, -0.2) is 0 Å². The molecule has 3 aromatic carbocycles. The molecule has 0 unspecified atom stereocenters. The monoisotopic (exact) mass is 324 g/mol. The average Bonchev–Trinajstić information content (AvgIpc) is 2.62. The summed E-state index contributed by atoms with van der Waals surface area (Å²) in [4.78, 5) is 12.3. The molecule has 5 heteroatoms. The number of nitrogens with zero attached hydrogens (tertiary/aromatic N) is 1. The van der Waals surface area contributed by atoms with Crippen molar-refractivity contribution in [1.82, 2.24) is 0 Å². The third-order valence-electron chi connectivity index (χ3n) is 3.52. The fourth-order valence-corrected chi connectivity index (χ4v) is 5.03. The van der Waals surface area contributed by atoms with E-state index >= 15 is 0 Å². The minimum atomic E-state index is -2.94. The zero-order valence-corrected chi connectivity index (χ0v) is 13.0. The van der Waals surface area contributed by atoms with Crippen molar-refractivity contribution >= 4 is 15.6 Å². The Kier molecular flexibility index (Phi) is 4.04. The Balaban J connectivity index is 2.35. The molecule has 0 spiro atoms. The van der Waals surface area contributed by atoms with Gasteiger partial charge in [0.15, 0.2) is 19.7 Å². The van der Waals surface area contributed by atoms with Gasteiger partial charge < -0.3 is 0 Å². The molecule has 0 saturated heterocycles. The van der Waals surface area contributed by atoms with Crippen molar-refractivity contribution < 1.29 is 9.13 Å². The van der Waals surface area contributed by atoms with Crippen LogP contribution in [0, 0.1) is 10.1 Å². The molecule has 0 radical (unpaired) electrons. The molecule has 0 saturated carbocycles. The van der Waals surface area contributed by atoms with Crippen LogP contribution in [-0.4, -0.2) is 4.92 Å². The molecule has 0 aliphatic carbocycles. The molecule has 0 heterocycles. The van der Waals surface area contributed by atoms with E-state index in [9.17, 15) is 14.3 Å². The van der Waals surface area contributed by atoms with E-state index < -0.39 is 14.9 Å². The molecule has 0 aliphatic rings. The molecule has 4 nitrogen and oxygen atoms in total. The van der Waals surface area contributed by atoms with Crippen molar-refractivity contribution in [2.24, 2.45) is 0 Å². The quantitative estimate of drug-likeness (QED) is 0.401. The molecular formula is C18H14NO3S+. The first kappa shape index (κ1) is 15.1. The smallest absolute Gasteiger partial charge is 0.258 e. The first-order valence-electron chi connectivity index (χ1n) is 7.02. The van der Waals surface area contributed by atoms with Gasteiger partial charge >= 0.3 is 5.69 Å². The number of hydrogen-bond donors (Lipinski definition) is 0. The molecule has 0 amide bonds. The predicted octanol–water partition coefficient (Wildman–Crippen LogP) is 4.57. The Bertz CT molecular complexity index is 836. The first-order chi connectivity index (χ1) is 11.1. The van der Waals surface area contributed by atoms with E-state index in [1.807, 2.05) is 12.1 Å². The number of nitro benzene ring substituents is 1. The van der Waals surface area contributed by atoms with Crippen LogP contribution in [0.3, 0.4) is 0 Å². The summed E-state index contributed by atoms with van der Waals surface area (Å²) in [6.45, 7) is 0. The Labute approximate surface area is 135 Å². The second kappa shape index (κ2) is 6.14. The molecule has 0 atom stereocenters. The highest BCUT2D eigenvalue weighted by molar-refractivity contribution is 8.03. The standard InChI is InChI=1S/C18H14NO3S/c20-19(21)17-13-7-8-14-18(17)23(22,15-9-3-1-4-10-15)16-11-5-2-6-12-16/h1-14H/q+1. The van der Waals surface area contributed by atoms with Crippen LogP contribution in [0.15, 0.2) is 99.6 Å². The van der Waals surface area contributed by atoms with Gasteiger partial charge in [-0.05, 0) is 24.3 Å². The van der Waals surface area contributed by atoms with E-state index in [0.717, 1.165) is 0 Å². The molecule has 0 aliphatic heterocycles. The van der Waals surface area contributed by atoms with Crippen molar-refractivity contribution in [3.8, 4) is 0 Å². The summed E-state index contributed by atoms with van der Waals surface area (Å²) >= 11 is 0. The van der Waals surface area contributed by atoms with Gasteiger partial charge in [0.2, 0.25) is 4.90 Å². The number of hydrogen-bond acceptors (Lipinski definition) is 3. The normalized spacial score (nSPS) is 11.1. The topological polar surface area (TPSA) is 60.2 Å². The van der Waals surface area contributed by atoms with Gasteiger partial charge in [-0.15, -0.1) is 0 Å². The van der Waals surface area contributed by atoms with Crippen LogP contribution in [0.4, 0.5) is 5.69 Å². The minimum absolute atomic E-state index is 0.134. The molecule has 0 fully saturated rings. The highest BCUT2D eigenvalue weighted by Gasteiger charge is 2.43. The van der Waals surface area contributed by atoms with E-state index in [-0.39, 0.29) is 10.6 Å². The second-order valence-electron chi connectivity index (χ2n) is 4.91. The molecule has 3 aromatic rings. The lowest BCUT2D eigenvalue weighted by Crippen LogP contribution is -2.14. The Morgan fingerprint density at radius 1 is 0.696 bits per heavy atom. The Hall–Kier alpha value is -2.79. The van der Waals surface area contributed by atoms with Crippen LogP contribution in [0.2, 0.25) is 0 Å². The molecule has 0 bridgehead atoms. The summed E-state index contributed by atoms with van der Waals surface area (Å²) in [5.74, 6) is 0.